The predicted octanol–water partition coefficient (Wildman–Crippen LogP) is 4.88. The van der Waals surface area contributed by atoms with Crippen molar-refractivity contribution in [3.05, 3.63) is 49.8 Å². The molecule has 0 aliphatic carbocycles. The van der Waals surface area contributed by atoms with Gasteiger partial charge in [-0.25, -0.2) is 4.39 Å². The van der Waals surface area contributed by atoms with Crippen molar-refractivity contribution in [1.29, 1.82) is 0 Å². The van der Waals surface area contributed by atoms with Gasteiger partial charge in [-0.15, -0.1) is 11.3 Å². The molecule has 0 fully saturated rings. The summed E-state index contributed by atoms with van der Waals surface area (Å²) in [5.41, 5.74) is 0. The summed E-state index contributed by atoms with van der Waals surface area (Å²) in [5.74, 6) is 0.129. The summed E-state index contributed by atoms with van der Waals surface area (Å²) in [6.45, 7) is 0.457. The van der Waals surface area contributed by atoms with Gasteiger partial charge in [0.1, 0.15) is 18.2 Å². The van der Waals surface area contributed by atoms with Crippen LogP contribution in [0, 0.1) is 5.82 Å². The normalized spacial score (nSPS) is 10.4. The second kappa shape index (κ2) is 5.17. The van der Waals surface area contributed by atoms with E-state index < -0.39 is 5.82 Å². The molecule has 1 nitrogen and oxygen atoms in total. The molecule has 0 aliphatic heterocycles. The Morgan fingerprint density at radius 1 is 1.31 bits per heavy atom. The standard InChI is InChI=1S/C11H7BrClFOS/c12-11-4-2-8(16-11)6-15-7-1-3-10(14)9(13)5-7/h1-5H,6H2. The fraction of sp³-hybridized carbons (Fsp3) is 0.0909. The van der Waals surface area contributed by atoms with Crippen LogP contribution in [-0.2, 0) is 6.61 Å². The average molecular weight is 322 g/mol. The molecule has 0 saturated carbocycles. The number of benzene rings is 1. The number of hydrogen-bond acceptors (Lipinski definition) is 2. The molecule has 16 heavy (non-hydrogen) atoms. The second-order valence-corrected chi connectivity index (χ2v) is 6.03. The summed E-state index contributed by atoms with van der Waals surface area (Å²) in [6, 6.07) is 8.26. The van der Waals surface area contributed by atoms with Gasteiger partial charge >= 0.3 is 0 Å². The van der Waals surface area contributed by atoms with Gasteiger partial charge in [-0.1, -0.05) is 11.6 Å². The summed E-state index contributed by atoms with van der Waals surface area (Å²) in [6.07, 6.45) is 0. The molecule has 2 rings (SSSR count). The Kier molecular flexibility index (Phi) is 3.84. The van der Waals surface area contributed by atoms with Crippen LogP contribution in [0.5, 0.6) is 5.75 Å². The van der Waals surface area contributed by atoms with Crippen molar-refractivity contribution in [2.75, 3.05) is 0 Å². The molecule has 5 heteroatoms. The fourth-order valence-electron chi connectivity index (χ4n) is 1.15. The highest BCUT2D eigenvalue weighted by atomic mass is 79.9. The van der Waals surface area contributed by atoms with E-state index in [-0.39, 0.29) is 5.02 Å². The summed E-state index contributed by atoms with van der Waals surface area (Å²) < 4.78 is 19.4. The Labute approximate surface area is 110 Å². The zero-order valence-corrected chi connectivity index (χ0v) is 11.2. The van der Waals surface area contributed by atoms with E-state index >= 15 is 0 Å². The van der Waals surface area contributed by atoms with Crippen molar-refractivity contribution in [2.24, 2.45) is 0 Å². The lowest BCUT2D eigenvalue weighted by molar-refractivity contribution is 0.309. The molecule has 0 atom stereocenters. The summed E-state index contributed by atoms with van der Waals surface area (Å²) in [5, 5.41) is 0.0739. The molecule has 0 unspecified atom stereocenters. The first kappa shape index (κ1) is 11.9. The maximum absolute atomic E-state index is 12.9. The quantitative estimate of drug-likeness (QED) is 0.782. The molecule has 84 valence electrons. The van der Waals surface area contributed by atoms with Gasteiger partial charge in [0.25, 0.3) is 0 Å². The van der Waals surface area contributed by atoms with E-state index in [0.717, 1.165) is 8.66 Å². The Bertz CT molecular complexity index is 500. The van der Waals surface area contributed by atoms with E-state index in [9.17, 15) is 4.39 Å². The van der Waals surface area contributed by atoms with Crippen LogP contribution in [-0.4, -0.2) is 0 Å². The zero-order valence-electron chi connectivity index (χ0n) is 8.04. The molecular formula is C11H7BrClFOS. The second-order valence-electron chi connectivity index (χ2n) is 3.07. The van der Waals surface area contributed by atoms with E-state index in [1.807, 2.05) is 12.1 Å². The van der Waals surface area contributed by atoms with Crippen molar-refractivity contribution in [3.63, 3.8) is 0 Å². The number of ether oxygens (including phenoxy) is 1. The smallest absolute Gasteiger partial charge is 0.142 e. The van der Waals surface area contributed by atoms with Gasteiger partial charge in [-0.05, 0) is 40.2 Å². The third kappa shape index (κ3) is 2.97. The van der Waals surface area contributed by atoms with Crippen LogP contribution >= 0.6 is 38.9 Å². The first-order valence-electron chi connectivity index (χ1n) is 4.47. The lowest BCUT2D eigenvalue weighted by atomic mass is 10.3. The van der Waals surface area contributed by atoms with Crippen molar-refractivity contribution < 1.29 is 9.13 Å². The Balaban J connectivity index is 2.02. The van der Waals surface area contributed by atoms with Gasteiger partial charge in [0.2, 0.25) is 0 Å². The Morgan fingerprint density at radius 2 is 2.12 bits per heavy atom. The van der Waals surface area contributed by atoms with Crippen LogP contribution in [0.25, 0.3) is 0 Å². The topological polar surface area (TPSA) is 9.23 Å². The summed E-state index contributed by atoms with van der Waals surface area (Å²) in [7, 11) is 0. The third-order valence-corrected chi connectivity index (χ3v) is 3.79. The molecule has 0 amide bonds. The largest absolute Gasteiger partial charge is 0.488 e. The third-order valence-electron chi connectivity index (χ3n) is 1.90. The molecule has 0 spiro atoms. The molecule has 0 N–H and O–H groups in total. The molecular weight excluding hydrogens is 315 g/mol. The van der Waals surface area contributed by atoms with Crippen LogP contribution in [0.4, 0.5) is 4.39 Å². The van der Waals surface area contributed by atoms with Crippen molar-refractivity contribution >= 4 is 38.9 Å². The van der Waals surface area contributed by atoms with Crippen molar-refractivity contribution in [1.82, 2.24) is 0 Å². The van der Waals surface area contributed by atoms with Gasteiger partial charge in [-0.2, -0.15) is 0 Å². The highest BCUT2D eigenvalue weighted by molar-refractivity contribution is 9.11. The summed E-state index contributed by atoms with van der Waals surface area (Å²) in [4.78, 5) is 1.09. The molecule has 0 aliphatic rings. The van der Waals surface area contributed by atoms with Crippen LogP contribution in [0.15, 0.2) is 34.1 Å². The van der Waals surface area contributed by atoms with Crippen LogP contribution in [0.2, 0.25) is 5.02 Å². The SMILES string of the molecule is Fc1ccc(OCc2ccc(Br)s2)cc1Cl. The lowest BCUT2D eigenvalue weighted by Crippen LogP contribution is -1.92. The van der Waals surface area contributed by atoms with Gasteiger partial charge in [0.15, 0.2) is 0 Å². The molecule has 0 saturated heterocycles. The van der Waals surface area contributed by atoms with Gasteiger partial charge in [0, 0.05) is 10.9 Å². The molecule has 0 bridgehead atoms. The van der Waals surface area contributed by atoms with Gasteiger partial charge in [-0.3, -0.25) is 0 Å². The van der Waals surface area contributed by atoms with Gasteiger partial charge in [0.05, 0.1) is 8.81 Å². The molecule has 0 radical (unpaired) electrons. The Morgan fingerprint density at radius 3 is 2.75 bits per heavy atom. The highest BCUT2D eigenvalue weighted by Gasteiger charge is 2.03. The van der Waals surface area contributed by atoms with E-state index in [4.69, 9.17) is 16.3 Å². The van der Waals surface area contributed by atoms with Gasteiger partial charge < -0.3 is 4.74 Å². The lowest BCUT2D eigenvalue weighted by Gasteiger charge is -2.04. The maximum Gasteiger partial charge on any atom is 0.142 e. The van der Waals surface area contributed by atoms with E-state index in [1.165, 1.54) is 12.1 Å². The van der Waals surface area contributed by atoms with E-state index in [2.05, 4.69) is 15.9 Å². The summed E-state index contributed by atoms with van der Waals surface area (Å²) >= 11 is 10.6. The number of rotatable bonds is 3. The highest BCUT2D eigenvalue weighted by Crippen LogP contribution is 2.25. The van der Waals surface area contributed by atoms with Crippen molar-refractivity contribution in [3.8, 4) is 5.75 Å². The number of thiophene rings is 1. The molecule has 2 aromatic rings. The monoisotopic (exact) mass is 320 g/mol. The zero-order chi connectivity index (χ0) is 11.5. The molecule has 1 heterocycles. The molecule has 1 aromatic heterocycles. The first-order chi connectivity index (χ1) is 7.65. The predicted molar refractivity (Wildman–Crippen MR) is 67.8 cm³/mol. The number of halogens is 3. The Hall–Kier alpha value is -0.580. The minimum absolute atomic E-state index is 0.0739. The van der Waals surface area contributed by atoms with E-state index in [1.54, 1.807) is 17.4 Å². The van der Waals surface area contributed by atoms with Crippen LogP contribution < -0.4 is 4.74 Å². The van der Waals surface area contributed by atoms with Crippen LogP contribution in [0.1, 0.15) is 4.88 Å². The minimum Gasteiger partial charge on any atom is -0.488 e. The number of hydrogen-bond donors (Lipinski definition) is 0. The minimum atomic E-state index is -0.437. The van der Waals surface area contributed by atoms with Crippen LogP contribution in [0.3, 0.4) is 0 Å². The van der Waals surface area contributed by atoms with E-state index in [0.29, 0.717) is 12.4 Å². The maximum atomic E-state index is 12.9. The average Bonchev–Trinajstić information content (AvgIpc) is 2.66. The van der Waals surface area contributed by atoms with Crippen molar-refractivity contribution in [2.45, 2.75) is 6.61 Å². The molecule has 1 aromatic carbocycles. The fourth-order valence-corrected chi connectivity index (χ4v) is 2.72. The first-order valence-corrected chi connectivity index (χ1v) is 6.46.